The minimum atomic E-state index is -0.377. The highest BCUT2D eigenvalue weighted by molar-refractivity contribution is 5.92. The molecule has 3 nitrogen and oxygen atoms in total. The van der Waals surface area contributed by atoms with Crippen molar-refractivity contribution in [3.05, 3.63) is 35.4 Å². The van der Waals surface area contributed by atoms with Crippen LogP contribution in [0.3, 0.4) is 0 Å². The molecule has 0 aliphatic heterocycles. The second-order valence-corrected chi connectivity index (χ2v) is 4.62. The summed E-state index contributed by atoms with van der Waals surface area (Å²) in [5, 5.41) is 3.48. The number of benzene rings is 1. The maximum absolute atomic E-state index is 10.9. The Labute approximate surface area is 103 Å². The Bertz CT molecular complexity index is 359. The van der Waals surface area contributed by atoms with Crippen molar-refractivity contribution in [2.24, 2.45) is 11.7 Å². The Morgan fingerprint density at radius 1 is 1.29 bits per heavy atom. The number of carbonyl (C=O) groups is 1. The third-order valence-electron chi connectivity index (χ3n) is 3.36. The van der Waals surface area contributed by atoms with Crippen LogP contribution in [0.4, 0.5) is 0 Å². The van der Waals surface area contributed by atoms with E-state index < -0.39 is 0 Å². The van der Waals surface area contributed by atoms with Gasteiger partial charge in [-0.3, -0.25) is 4.79 Å². The molecule has 1 aromatic carbocycles. The van der Waals surface area contributed by atoms with Crippen LogP contribution in [0.25, 0.3) is 0 Å². The summed E-state index contributed by atoms with van der Waals surface area (Å²) in [5.41, 5.74) is 6.92. The average molecular weight is 234 g/mol. The van der Waals surface area contributed by atoms with Gasteiger partial charge in [0.2, 0.25) is 5.91 Å². The second kappa shape index (κ2) is 6.40. The molecule has 1 aromatic rings. The van der Waals surface area contributed by atoms with Crippen molar-refractivity contribution in [2.45, 2.75) is 39.8 Å². The number of nitrogens with one attached hydrogen (secondary N) is 1. The summed E-state index contributed by atoms with van der Waals surface area (Å²) in [4.78, 5) is 10.9. The molecule has 0 heterocycles. The van der Waals surface area contributed by atoms with Crippen LogP contribution in [-0.2, 0) is 6.54 Å². The van der Waals surface area contributed by atoms with Crippen molar-refractivity contribution in [1.29, 1.82) is 0 Å². The van der Waals surface area contributed by atoms with Crippen LogP contribution in [-0.4, -0.2) is 11.9 Å². The van der Waals surface area contributed by atoms with Gasteiger partial charge in [-0.25, -0.2) is 0 Å². The molecule has 2 atom stereocenters. The Morgan fingerprint density at radius 2 is 1.88 bits per heavy atom. The lowest BCUT2D eigenvalue weighted by atomic mass is 10.0. The van der Waals surface area contributed by atoms with Gasteiger partial charge in [-0.05, 0) is 30.5 Å². The molecule has 0 saturated heterocycles. The fraction of sp³-hybridized carbons (Fsp3) is 0.500. The predicted octanol–water partition coefficient (Wildman–Crippen LogP) is 2.31. The zero-order valence-corrected chi connectivity index (χ0v) is 10.9. The molecule has 0 aromatic heterocycles. The van der Waals surface area contributed by atoms with Gasteiger partial charge in [-0.1, -0.05) is 32.4 Å². The smallest absolute Gasteiger partial charge is 0.248 e. The van der Waals surface area contributed by atoms with Gasteiger partial charge >= 0.3 is 0 Å². The lowest BCUT2D eigenvalue weighted by Gasteiger charge is -2.19. The minimum Gasteiger partial charge on any atom is -0.366 e. The fourth-order valence-electron chi connectivity index (χ4n) is 1.62. The number of hydrogen-bond donors (Lipinski definition) is 2. The van der Waals surface area contributed by atoms with Crippen molar-refractivity contribution >= 4 is 5.91 Å². The van der Waals surface area contributed by atoms with Gasteiger partial charge < -0.3 is 11.1 Å². The molecule has 0 spiro atoms. The standard InChI is InChI=1S/C14H22N2O/c1-4-10(2)11(3)16-9-12-5-7-13(8-6-12)14(15)17/h5-8,10-11,16H,4,9H2,1-3H3,(H2,15,17). The zero-order valence-electron chi connectivity index (χ0n) is 10.9. The van der Waals surface area contributed by atoms with E-state index in [-0.39, 0.29) is 5.91 Å². The average Bonchev–Trinajstić information content (AvgIpc) is 2.35. The molecule has 0 saturated carbocycles. The molecular formula is C14H22N2O. The molecule has 0 fully saturated rings. The molecule has 2 unspecified atom stereocenters. The Morgan fingerprint density at radius 3 is 2.35 bits per heavy atom. The first kappa shape index (κ1) is 13.7. The summed E-state index contributed by atoms with van der Waals surface area (Å²) in [6, 6.07) is 7.92. The van der Waals surface area contributed by atoms with Crippen LogP contribution < -0.4 is 11.1 Å². The number of carbonyl (C=O) groups excluding carboxylic acids is 1. The van der Waals surface area contributed by atoms with E-state index in [4.69, 9.17) is 5.73 Å². The molecule has 17 heavy (non-hydrogen) atoms. The van der Waals surface area contributed by atoms with E-state index in [2.05, 4.69) is 26.1 Å². The topological polar surface area (TPSA) is 55.1 Å². The van der Waals surface area contributed by atoms with Crippen LogP contribution >= 0.6 is 0 Å². The van der Waals surface area contributed by atoms with E-state index in [1.807, 2.05) is 12.1 Å². The fourth-order valence-corrected chi connectivity index (χ4v) is 1.62. The molecule has 3 N–H and O–H groups in total. The van der Waals surface area contributed by atoms with Gasteiger partial charge in [0.25, 0.3) is 0 Å². The van der Waals surface area contributed by atoms with E-state index in [9.17, 15) is 4.79 Å². The lowest BCUT2D eigenvalue weighted by Crippen LogP contribution is -2.31. The van der Waals surface area contributed by atoms with E-state index in [1.165, 1.54) is 12.0 Å². The summed E-state index contributed by atoms with van der Waals surface area (Å²) in [6.45, 7) is 7.47. The highest BCUT2D eigenvalue weighted by Gasteiger charge is 2.09. The van der Waals surface area contributed by atoms with Crippen molar-refractivity contribution < 1.29 is 4.79 Å². The number of nitrogens with two attached hydrogens (primary N) is 1. The molecule has 3 heteroatoms. The quantitative estimate of drug-likeness (QED) is 0.793. The van der Waals surface area contributed by atoms with E-state index >= 15 is 0 Å². The Hall–Kier alpha value is -1.35. The molecule has 1 amide bonds. The van der Waals surface area contributed by atoms with Gasteiger partial charge in [0.15, 0.2) is 0 Å². The highest BCUT2D eigenvalue weighted by atomic mass is 16.1. The molecule has 0 aliphatic rings. The zero-order chi connectivity index (χ0) is 12.8. The summed E-state index contributed by atoms with van der Waals surface area (Å²) in [7, 11) is 0. The van der Waals surface area contributed by atoms with E-state index in [1.54, 1.807) is 12.1 Å². The Balaban J connectivity index is 2.50. The number of rotatable bonds is 6. The van der Waals surface area contributed by atoms with Gasteiger partial charge in [0, 0.05) is 18.2 Å². The minimum absolute atomic E-state index is 0.377. The first-order chi connectivity index (χ1) is 8.04. The van der Waals surface area contributed by atoms with Crippen molar-refractivity contribution in [3.63, 3.8) is 0 Å². The van der Waals surface area contributed by atoms with Crippen LogP contribution in [0.1, 0.15) is 43.1 Å². The number of hydrogen-bond acceptors (Lipinski definition) is 2. The largest absolute Gasteiger partial charge is 0.366 e. The number of amides is 1. The third kappa shape index (κ3) is 4.19. The predicted molar refractivity (Wildman–Crippen MR) is 70.7 cm³/mol. The van der Waals surface area contributed by atoms with Crippen LogP contribution in [0.2, 0.25) is 0 Å². The molecule has 0 radical (unpaired) electrons. The molecular weight excluding hydrogens is 212 g/mol. The van der Waals surface area contributed by atoms with Gasteiger partial charge in [-0.2, -0.15) is 0 Å². The summed E-state index contributed by atoms with van der Waals surface area (Å²) in [5.74, 6) is 0.289. The van der Waals surface area contributed by atoms with Crippen LogP contribution in [0.5, 0.6) is 0 Å². The lowest BCUT2D eigenvalue weighted by molar-refractivity contribution is 0.100. The number of primary amides is 1. The van der Waals surface area contributed by atoms with E-state index in [0.29, 0.717) is 17.5 Å². The maximum Gasteiger partial charge on any atom is 0.248 e. The molecule has 0 aliphatic carbocycles. The van der Waals surface area contributed by atoms with Crippen molar-refractivity contribution in [2.75, 3.05) is 0 Å². The first-order valence-electron chi connectivity index (χ1n) is 6.16. The Kier molecular flexibility index (Phi) is 5.16. The van der Waals surface area contributed by atoms with E-state index in [0.717, 1.165) is 6.54 Å². The second-order valence-electron chi connectivity index (χ2n) is 4.62. The molecule has 94 valence electrons. The van der Waals surface area contributed by atoms with Gasteiger partial charge in [0.05, 0.1) is 0 Å². The van der Waals surface area contributed by atoms with Gasteiger partial charge in [0.1, 0.15) is 0 Å². The summed E-state index contributed by atoms with van der Waals surface area (Å²) >= 11 is 0. The monoisotopic (exact) mass is 234 g/mol. The first-order valence-corrected chi connectivity index (χ1v) is 6.16. The normalized spacial score (nSPS) is 14.3. The van der Waals surface area contributed by atoms with Crippen molar-refractivity contribution in [1.82, 2.24) is 5.32 Å². The van der Waals surface area contributed by atoms with Gasteiger partial charge in [-0.15, -0.1) is 0 Å². The summed E-state index contributed by atoms with van der Waals surface area (Å²) in [6.07, 6.45) is 1.18. The maximum atomic E-state index is 10.9. The third-order valence-corrected chi connectivity index (χ3v) is 3.36. The van der Waals surface area contributed by atoms with Crippen LogP contribution in [0.15, 0.2) is 24.3 Å². The van der Waals surface area contributed by atoms with Crippen molar-refractivity contribution in [3.8, 4) is 0 Å². The molecule has 1 rings (SSSR count). The SMILES string of the molecule is CCC(C)C(C)NCc1ccc(C(N)=O)cc1. The van der Waals surface area contributed by atoms with Crippen LogP contribution in [0, 0.1) is 5.92 Å². The summed E-state index contributed by atoms with van der Waals surface area (Å²) < 4.78 is 0. The highest BCUT2D eigenvalue weighted by Crippen LogP contribution is 2.09. The molecule has 0 bridgehead atoms.